The fraction of sp³-hybridized carbons (Fsp3) is 0.514. The van der Waals surface area contributed by atoms with E-state index < -0.39 is 45.6 Å². The number of nitrogens with zero attached hydrogens (tertiary/aromatic N) is 1. The number of piperidine rings is 1. The Balaban J connectivity index is 0.000000705. The SMILES string of the molecule is CCCCOc1cccc(C(F)(F)[C@@H](NS(=O)(=O)c2ccc3cc(OC4CCCC4)ccc3c2)C(=O)N2C3CCC2CC(N)C3)c1.O=C(O)C(F)(F)F. The molecule has 2 aliphatic heterocycles. The van der Waals surface area contributed by atoms with Gasteiger partial charge in [-0.25, -0.2) is 13.2 Å². The molecule has 3 aromatic carbocycles. The van der Waals surface area contributed by atoms with Gasteiger partial charge in [0.1, 0.15) is 11.5 Å². The Hall–Kier alpha value is -4.02. The van der Waals surface area contributed by atoms with Gasteiger partial charge in [-0.05, 0) is 105 Å². The second-order valence-corrected chi connectivity index (χ2v) is 15.5. The van der Waals surface area contributed by atoms with Gasteiger partial charge in [-0.2, -0.15) is 26.7 Å². The Labute approximate surface area is 304 Å². The molecular formula is C37H44F5N3O7S. The number of nitrogens with one attached hydrogen (secondary N) is 1. The molecule has 3 atom stereocenters. The number of amides is 1. The summed E-state index contributed by atoms with van der Waals surface area (Å²) in [6.07, 6.45) is 3.28. The number of fused-ring (bicyclic) bond motifs is 3. The molecule has 1 saturated carbocycles. The van der Waals surface area contributed by atoms with Crippen molar-refractivity contribution in [3.8, 4) is 11.5 Å². The molecule has 16 heteroatoms. The number of halogens is 5. The maximum Gasteiger partial charge on any atom is 0.490 e. The number of benzene rings is 3. The number of sulfonamides is 1. The highest BCUT2D eigenvalue weighted by Gasteiger charge is 2.53. The van der Waals surface area contributed by atoms with Gasteiger partial charge in [-0.1, -0.05) is 37.6 Å². The number of hydrogen-bond donors (Lipinski definition) is 3. The number of rotatable bonds is 12. The minimum atomic E-state index is -5.08. The average molecular weight is 770 g/mol. The van der Waals surface area contributed by atoms with Gasteiger partial charge >= 0.3 is 12.1 Å². The molecule has 0 spiro atoms. The van der Waals surface area contributed by atoms with Crippen molar-refractivity contribution in [3.05, 3.63) is 66.2 Å². The van der Waals surface area contributed by atoms with E-state index in [1.165, 1.54) is 35.2 Å². The van der Waals surface area contributed by atoms with Crippen molar-refractivity contribution in [3.63, 3.8) is 0 Å². The molecule has 2 bridgehead atoms. The van der Waals surface area contributed by atoms with Crippen LogP contribution >= 0.6 is 0 Å². The van der Waals surface area contributed by atoms with Crippen LogP contribution in [0.1, 0.15) is 76.7 Å². The third-order valence-corrected chi connectivity index (χ3v) is 11.3. The molecule has 6 rings (SSSR count). The Morgan fingerprint density at radius 1 is 0.925 bits per heavy atom. The predicted octanol–water partition coefficient (Wildman–Crippen LogP) is 6.89. The van der Waals surface area contributed by atoms with Crippen molar-refractivity contribution < 1.29 is 54.5 Å². The van der Waals surface area contributed by atoms with Crippen molar-refractivity contribution in [2.45, 2.75) is 118 Å². The summed E-state index contributed by atoms with van der Waals surface area (Å²) in [5, 5.41) is 8.49. The molecule has 3 aliphatic rings. The summed E-state index contributed by atoms with van der Waals surface area (Å²) in [6.45, 7) is 2.35. The van der Waals surface area contributed by atoms with Crippen LogP contribution < -0.4 is 19.9 Å². The van der Waals surface area contributed by atoms with E-state index in [2.05, 4.69) is 4.72 Å². The zero-order chi connectivity index (χ0) is 38.6. The summed E-state index contributed by atoms with van der Waals surface area (Å²) in [7, 11) is -4.57. The van der Waals surface area contributed by atoms with Gasteiger partial charge in [0, 0.05) is 23.7 Å². The first-order valence-corrected chi connectivity index (χ1v) is 19.2. The standard InChI is InChI=1S/C35H43F2N3O5S.C2HF3O2/c1-2-3-17-44-30-10-6-7-25(20-30)35(36,37)33(34(41)40-27-13-14-28(40)22-26(38)21-27)39-46(42,43)32-16-12-23-18-31(15-11-24(23)19-32)45-29-8-4-5-9-29;3-2(4,5)1(6)7/h6-7,10-12,15-16,18-20,26-29,33,39H,2-5,8-9,13-14,17,21-22,38H2,1H3;(H,6,7)/t26?,27?,28?,33-;/m0./s1. The summed E-state index contributed by atoms with van der Waals surface area (Å²) in [4.78, 5) is 24.3. The quantitative estimate of drug-likeness (QED) is 0.133. The van der Waals surface area contributed by atoms with Crippen LogP contribution in [-0.4, -0.2) is 73.4 Å². The number of carbonyl (C=O) groups is 2. The topological polar surface area (TPSA) is 148 Å². The van der Waals surface area contributed by atoms with Crippen molar-refractivity contribution in [1.82, 2.24) is 9.62 Å². The molecule has 3 aromatic rings. The lowest BCUT2D eigenvalue weighted by Crippen LogP contribution is -2.60. The number of alkyl halides is 5. The fourth-order valence-electron chi connectivity index (χ4n) is 7.17. The van der Waals surface area contributed by atoms with Crippen molar-refractivity contribution in [1.29, 1.82) is 0 Å². The van der Waals surface area contributed by atoms with Crippen LogP contribution in [0.2, 0.25) is 0 Å². The third-order valence-electron chi connectivity index (χ3n) is 9.83. The van der Waals surface area contributed by atoms with Gasteiger partial charge in [0.25, 0.3) is 5.92 Å². The van der Waals surface area contributed by atoms with E-state index in [1.807, 2.05) is 13.0 Å². The highest BCUT2D eigenvalue weighted by molar-refractivity contribution is 7.89. The van der Waals surface area contributed by atoms with Crippen LogP contribution in [0.4, 0.5) is 22.0 Å². The first kappa shape index (κ1) is 40.2. The summed E-state index contributed by atoms with van der Waals surface area (Å²) in [5.74, 6) is -6.66. The van der Waals surface area contributed by atoms with Gasteiger partial charge < -0.3 is 25.2 Å². The number of hydrogen-bond acceptors (Lipinski definition) is 7. The molecule has 0 aromatic heterocycles. The summed E-state index contributed by atoms with van der Waals surface area (Å²) >= 11 is 0. The molecule has 2 heterocycles. The number of aliphatic carboxylic acids is 1. The van der Waals surface area contributed by atoms with Crippen LogP contribution in [0.5, 0.6) is 11.5 Å². The Morgan fingerprint density at radius 2 is 1.55 bits per heavy atom. The minimum Gasteiger partial charge on any atom is -0.494 e. The van der Waals surface area contributed by atoms with Crippen LogP contribution in [0.15, 0.2) is 65.6 Å². The smallest absolute Gasteiger partial charge is 0.490 e. The van der Waals surface area contributed by atoms with Gasteiger partial charge in [-0.15, -0.1) is 0 Å². The second kappa shape index (κ2) is 16.6. The predicted molar refractivity (Wildman–Crippen MR) is 186 cm³/mol. The van der Waals surface area contributed by atoms with E-state index >= 15 is 8.78 Å². The normalized spacial score (nSPS) is 21.2. The van der Waals surface area contributed by atoms with Crippen molar-refractivity contribution >= 4 is 32.7 Å². The number of carboxylic acids is 1. The van der Waals surface area contributed by atoms with E-state index in [4.69, 9.17) is 25.1 Å². The molecule has 3 fully saturated rings. The molecule has 290 valence electrons. The number of ether oxygens (including phenoxy) is 2. The Bertz CT molecular complexity index is 1860. The van der Waals surface area contributed by atoms with Gasteiger partial charge in [0.15, 0.2) is 6.04 Å². The van der Waals surface area contributed by atoms with E-state index in [0.29, 0.717) is 43.4 Å². The molecule has 1 amide bonds. The third kappa shape index (κ3) is 9.75. The Kier molecular flexibility index (Phi) is 12.5. The lowest BCUT2D eigenvalue weighted by Gasteiger charge is -2.41. The Morgan fingerprint density at radius 3 is 2.17 bits per heavy atom. The number of nitrogens with two attached hydrogens (primary N) is 1. The van der Waals surface area contributed by atoms with Gasteiger partial charge in [0.05, 0.1) is 17.6 Å². The van der Waals surface area contributed by atoms with Crippen molar-refractivity contribution in [2.24, 2.45) is 5.73 Å². The summed E-state index contributed by atoms with van der Waals surface area (Å²) < 4.78 is 106. The molecule has 53 heavy (non-hydrogen) atoms. The van der Waals surface area contributed by atoms with Crippen LogP contribution in [-0.2, 0) is 25.5 Å². The first-order chi connectivity index (χ1) is 25.0. The number of unbranched alkanes of at least 4 members (excludes halogenated alkanes) is 1. The van der Waals surface area contributed by atoms with E-state index in [9.17, 15) is 26.4 Å². The number of carbonyl (C=O) groups excluding carboxylic acids is 1. The number of carboxylic acid groups (broad SMARTS) is 1. The van der Waals surface area contributed by atoms with E-state index in [-0.39, 0.29) is 34.9 Å². The zero-order valence-electron chi connectivity index (χ0n) is 29.2. The fourth-order valence-corrected chi connectivity index (χ4v) is 8.39. The highest BCUT2D eigenvalue weighted by atomic mass is 32.2. The zero-order valence-corrected chi connectivity index (χ0v) is 30.0. The molecule has 1 aliphatic carbocycles. The molecule has 2 saturated heterocycles. The second-order valence-electron chi connectivity index (χ2n) is 13.8. The summed E-state index contributed by atoms with van der Waals surface area (Å²) in [6, 6.07) is 12.1. The first-order valence-electron chi connectivity index (χ1n) is 17.7. The molecule has 0 radical (unpaired) electrons. The molecular weight excluding hydrogens is 725 g/mol. The highest BCUT2D eigenvalue weighted by Crippen LogP contribution is 2.41. The van der Waals surface area contributed by atoms with E-state index in [0.717, 1.165) is 43.9 Å². The lowest BCUT2D eigenvalue weighted by molar-refractivity contribution is -0.192. The van der Waals surface area contributed by atoms with Crippen LogP contribution in [0.25, 0.3) is 10.8 Å². The van der Waals surface area contributed by atoms with Crippen molar-refractivity contribution in [2.75, 3.05) is 6.61 Å². The molecule has 2 unspecified atom stereocenters. The average Bonchev–Trinajstić information content (AvgIpc) is 3.72. The lowest BCUT2D eigenvalue weighted by atomic mass is 9.94. The van der Waals surface area contributed by atoms with Gasteiger partial charge in [0.2, 0.25) is 15.9 Å². The molecule has 10 nitrogen and oxygen atoms in total. The van der Waals surface area contributed by atoms with Crippen LogP contribution in [0.3, 0.4) is 0 Å². The largest absolute Gasteiger partial charge is 0.494 e. The monoisotopic (exact) mass is 769 g/mol. The van der Waals surface area contributed by atoms with Crippen LogP contribution in [0, 0.1) is 0 Å². The maximum absolute atomic E-state index is 16.6. The minimum absolute atomic E-state index is 0.129. The maximum atomic E-state index is 16.6. The van der Waals surface area contributed by atoms with Gasteiger partial charge in [-0.3, -0.25) is 4.79 Å². The summed E-state index contributed by atoms with van der Waals surface area (Å²) in [5.41, 5.74) is 5.69. The molecule has 4 N–H and O–H groups in total. The van der Waals surface area contributed by atoms with E-state index in [1.54, 1.807) is 24.3 Å².